The van der Waals surface area contributed by atoms with Crippen molar-refractivity contribution in [2.75, 3.05) is 19.6 Å². The molecule has 0 bridgehead atoms. The Balaban J connectivity index is 2.07. The summed E-state index contributed by atoms with van der Waals surface area (Å²) in [5.41, 5.74) is 1.15. The van der Waals surface area contributed by atoms with Crippen LogP contribution in [0.3, 0.4) is 0 Å². The molecule has 1 aliphatic rings. The summed E-state index contributed by atoms with van der Waals surface area (Å²) in [5, 5.41) is 3.36. The Hall–Kier alpha value is -0.450. The minimum absolute atomic E-state index is 0.191. The molecular weight excluding hydrogens is 271 g/mol. The van der Waals surface area contributed by atoms with E-state index < -0.39 is 0 Å². The Morgan fingerprint density at radius 3 is 3.06 bits per heavy atom. The Morgan fingerprint density at radius 2 is 2.38 bits per heavy atom. The van der Waals surface area contributed by atoms with E-state index in [0.29, 0.717) is 6.04 Å². The van der Waals surface area contributed by atoms with Gasteiger partial charge in [-0.3, -0.25) is 4.90 Å². The zero-order valence-corrected chi connectivity index (χ0v) is 10.9. The summed E-state index contributed by atoms with van der Waals surface area (Å²) < 4.78 is 13.8. The first kappa shape index (κ1) is 12.0. The number of nitrogens with zero attached hydrogens (tertiary/aromatic N) is 1. The van der Waals surface area contributed by atoms with Gasteiger partial charge in [-0.2, -0.15) is 0 Å². The van der Waals surface area contributed by atoms with Crippen LogP contribution in [0, 0.1) is 5.82 Å². The van der Waals surface area contributed by atoms with Crippen LogP contribution in [-0.2, 0) is 6.54 Å². The molecule has 1 atom stereocenters. The van der Waals surface area contributed by atoms with Crippen LogP contribution in [0.5, 0.6) is 0 Å². The molecule has 1 saturated heterocycles. The van der Waals surface area contributed by atoms with E-state index in [1.807, 2.05) is 6.07 Å². The SMILES string of the molecule is CC1CNCCN1Cc1ccc(F)cc1Br. The highest BCUT2D eigenvalue weighted by Gasteiger charge is 2.18. The van der Waals surface area contributed by atoms with Gasteiger partial charge in [0.15, 0.2) is 0 Å². The second-order valence-corrected chi connectivity index (χ2v) is 5.11. The van der Waals surface area contributed by atoms with Crippen molar-refractivity contribution in [1.29, 1.82) is 0 Å². The van der Waals surface area contributed by atoms with Crippen LogP contribution in [0.15, 0.2) is 22.7 Å². The molecule has 1 unspecified atom stereocenters. The van der Waals surface area contributed by atoms with Gasteiger partial charge in [0.05, 0.1) is 0 Å². The van der Waals surface area contributed by atoms with Crippen LogP contribution >= 0.6 is 15.9 Å². The van der Waals surface area contributed by atoms with Crippen molar-refractivity contribution in [1.82, 2.24) is 10.2 Å². The zero-order valence-electron chi connectivity index (χ0n) is 9.34. The van der Waals surface area contributed by atoms with Crippen LogP contribution in [0.25, 0.3) is 0 Å². The molecule has 1 fully saturated rings. The molecule has 0 spiro atoms. The molecule has 2 rings (SSSR count). The number of hydrogen-bond donors (Lipinski definition) is 1. The van der Waals surface area contributed by atoms with Crippen LogP contribution in [0.4, 0.5) is 4.39 Å². The van der Waals surface area contributed by atoms with Crippen LogP contribution < -0.4 is 5.32 Å². The fourth-order valence-corrected chi connectivity index (χ4v) is 2.46. The van der Waals surface area contributed by atoms with E-state index in [-0.39, 0.29) is 5.82 Å². The maximum Gasteiger partial charge on any atom is 0.124 e. The lowest BCUT2D eigenvalue weighted by Gasteiger charge is -2.34. The van der Waals surface area contributed by atoms with Gasteiger partial charge in [0.2, 0.25) is 0 Å². The molecule has 88 valence electrons. The lowest BCUT2D eigenvalue weighted by Crippen LogP contribution is -2.49. The first-order valence-corrected chi connectivity index (χ1v) is 6.35. The second-order valence-electron chi connectivity index (χ2n) is 4.26. The van der Waals surface area contributed by atoms with Gasteiger partial charge in [-0.25, -0.2) is 4.39 Å². The molecule has 0 saturated carbocycles. The second kappa shape index (κ2) is 5.25. The fraction of sp³-hybridized carbons (Fsp3) is 0.500. The molecule has 1 aromatic rings. The molecule has 0 amide bonds. The van der Waals surface area contributed by atoms with E-state index in [4.69, 9.17) is 0 Å². The average molecular weight is 287 g/mol. The number of hydrogen-bond acceptors (Lipinski definition) is 2. The van der Waals surface area contributed by atoms with Gasteiger partial charge in [-0.15, -0.1) is 0 Å². The molecule has 1 heterocycles. The van der Waals surface area contributed by atoms with E-state index in [1.165, 1.54) is 12.1 Å². The van der Waals surface area contributed by atoms with Crippen molar-refractivity contribution in [2.24, 2.45) is 0 Å². The van der Waals surface area contributed by atoms with E-state index in [1.54, 1.807) is 0 Å². The number of piperazine rings is 1. The van der Waals surface area contributed by atoms with E-state index in [0.717, 1.165) is 36.2 Å². The summed E-state index contributed by atoms with van der Waals surface area (Å²) in [6, 6.07) is 5.44. The maximum absolute atomic E-state index is 12.9. The largest absolute Gasteiger partial charge is 0.314 e. The summed E-state index contributed by atoms with van der Waals surface area (Å²) >= 11 is 3.41. The Morgan fingerprint density at radius 1 is 1.56 bits per heavy atom. The minimum atomic E-state index is -0.191. The third-order valence-electron chi connectivity index (χ3n) is 3.03. The van der Waals surface area contributed by atoms with E-state index in [2.05, 4.69) is 33.1 Å². The highest BCUT2D eigenvalue weighted by atomic mass is 79.9. The lowest BCUT2D eigenvalue weighted by atomic mass is 10.1. The van der Waals surface area contributed by atoms with Crippen molar-refractivity contribution < 1.29 is 4.39 Å². The zero-order chi connectivity index (χ0) is 11.5. The van der Waals surface area contributed by atoms with Crippen LogP contribution in [0.1, 0.15) is 12.5 Å². The normalized spacial score (nSPS) is 22.3. The van der Waals surface area contributed by atoms with Gasteiger partial charge in [-0.05, 0) is 24.6 Å². The summed E-state index contributed by atoms with van der Waals surface area (Å²) in [7, 11) is 0. The first-order chi connectivity index (χ1) is 7.66. The van der Waals surface area contributed by atoms with Crippen LogP contribution in [-0.4, -0.2) is 30.6 Å². The molecular formula is C12H16BrFN2. The quantitative estimate of drug-likeness (QED) is 0.898. The highest BCUT2D eigenvalue weighted by Crippen LogP contribution is 2.20. The van der Waals surface area contributed by atoms with Gasteiger partial charge in [-0.1, -0.05) is 22.0 Å². The average Bonchev–Trinajstić information content (AvgIpc) is 2.25. The molecule has 2 nitrogen and oxygen atoms in total. The Kier molecular flexibility index (Phi) is 3.95. The van der Waals surface area contributed by atoms with Crippen molar-refractivity contribution in [3.05, 3.63) is 34.1 Å². The minimum Gasteiger partial charge on any atom is -0.314 e. The van der Waals surface area contributed by atoms with Crippen molar-refractivity contribution in [3.63, 3.8) is 0 Å². The molecule has 0 radical (unpaired) electrons. The lowest BCUT2D eigenvalue weighted by molar-refractivity contribution is 0.165. The van der Waals surface area contributed by atoms with Crippen LogP contribution in [0.2, 0.25) is 0 Å². The number of nitrogens with one attached hydrogen (secondary N) is 1. The molecule has 4 heteroatoms. The standard InChI is InChI=1S/C12H16BrFN2/c1-9-7-15-4-5-16(9)8-10-2-3-11(14)6-12(10)13/h2-3,6,9,15H,4-5,7-8H2,1H3. The Bertz CT molecular complexity index is 370. The van der Waals surface area contributed by atoms with Crippen molar-refractivity contribution in [3.8, 4) is 0 Å². The summed E-state index contributed by atoms with van der Waals surface area (Å²) in [6.45, 7) is 6.19. The summed E-state index contributed by atoms with van der Waals surface area (Å²) in [5.74, 6) is -0.191. The number of halogens is 2. The van der Waals surface area contributed by atoms with E-state index >= 15 is 0 Å². The smallest absolute Gasteiger partial charge is 0.124 e. The van der Waals surface area contributed by atoms with Gasteiger partial charge < -0.3 is 5.32 Å². The predicted molar refractivity (Wildman–Crippen MR) is 66.8 cm³/mol. The summed E-state index contributed by atoms with van der Waals surface area (Å²) in [4.78, 5) is 2.41. The van der Waals surface area contributed by atoms with Crippen molar-refractivity contribution >= 4 is 15.9 Å². The fourth-order valence-electron chi connectivity index (χ4n) is 1.99. The van der Waals surface area contributed by atoms with Gasteiger partial charge in [0, 0.05) is 36.7 Å². The summed E-state index contributed by atoms with van der Waals surface area (Å²) in [6.07, 6.45) is 0. The van der Waals surface area contributed by atoms with Gasteiger partial charge in [0.1, 0.15) is 5.82 Å². The maximum atomic E-state index is 12.9. The molecule has 16 heavy (non-hydrogen) atoms. The topological polar surface area (TPSA) is 15.3 Å². The molecule has 0 aliphatic carbocycles. The monoisotopic (exact) mass is 286 g/mol. The molecule has 1 N–H and O–H groups in total. The highest BCUT2D eigenvalue weighted by molar-refractivity contribution is 9.10. The van der Waals surface area contributed by atoms with Gasteiger partial charge in [0.25, 0.3) is 0 Å². The number of rotatable bonds is 2. The van der Waals surface area contributed by atoms with Crippen molar-refractivity contribution in [2.45, 2.75) is 19.5 Å². The molecule has 0 aromatic heterocycles. The Labute approximate surface area is 104 Å². The number of benzene rings is 1. The first-order valence-electron chi connectivity index (χ1n) is 5.55. The third kappa shape index (κ3) is 2.81. The molecule has 1 aliphatic heterocycles. The van der Waals surface area contributed by atoms with E-state index in [9.17, 15) is 4.39 Å². The predicted octanol–water partition coefficient (Wildman–Crippen LogP) is 2.38. The third-order valence-corrected chi connectivity index (χ3v) is 3.77. The van der Waals surface area contributed by atoms with Gasteiger partial charge >= 0.3 is 0 Å². The molecule has 1 aromatic carbocycles.